The van der Waals surface area contributed by atoms with Crippen molar-refractivity contribution in [3.63, 3.8) is 0 Å². The van der Waals surface area contributed by atoms with Crippen LogP contribution in [0, 0.1) is 0 Å². The lowest BCUT2D eigenvalue weighted by Crippen LogP contribution is -2.31. The smallest absolute Gasteiger partial charge is 0.266 e. The van der Waals surface area contributed by atoms with Crippen molar-refractivity contribution in [3.8, 4) is 5.75 Å². The fraction of sp³-hybridized carbons (Fsp3) is 0.231. The first-order chi connectivity index (χ1) is 10.0. The molecule has 1 heterocycles. The molecule has 2 rings (SSSR count). The lowest BCUT2D eigenvalue weighted by Gasteiger charge is -2.08. The third-order valence-corrected chi connectivity index (χ3v) is 4.21. The van der Waals surface area contributed by atoms with Crippen molar-refractivity contribution in [2.75, 3.05) is 13.7 Å². The number of methoxy groups -OCH3 is 1. The summed E-state index contributed by atoms with van der Waals surface area (Å²) in [6, 6.07) is 9.04. The van der Waals surface area contributed by atoms with E-state index in [0.29, 0.717) is 5.75 Å². The van der Waals surface area contributed by atoms with E-state index in [1.54, 1.807) is 12.1 Å². The molecule has 0 radical (unpaired) electrons. The summed E-state index contributed by atoms with van der Waals surface area (Å²) in [7, 11) is -2.18. The minimum absolute atomic E-state index is 0.0659. The van der Waals surface area contributed by atoms with Crippen LogP contribution in [0.3, 0.4) is 0 Å². The predicted molar refractivity (Wildman–Crippen MR) is 76.7 cm³/mol. The highest BCUT2D eigenvalue weighted by Crippen LogP contribution is 2.16. The molecule has 0 saturated carbocycles. The highest BCUT2D eigenvalue weighted by Gasteiger charge is 2.14. The van der Waals surface area contributed by atoms with E-state index in [2.05, 4.69) is 9.82 Å². The molecule has 1 aromatic carbocycles. The molecular weight excluding hydrogens is 294 g/mol. The van der Waals surface area contributed by atoms with E-state index in [4.69, 9.17) is 4.74 Å². The molecule has 1 N–H and O–H groups in total. The third kappa shape index (κ3) is 3.89. The van der Waals surface area contributed by atoms with Crippen LogP contribution in [0.1, 0.15) is 0 Å². The van der Waals surface area contributed by atoms with Crippen molar-refractivity contribution in [1.29, 1.82) is 0 Å². The second-order valence-corrected chi connectivity index (χ2v) is 5.93. The van der Waals surface area contributed by atoms with E-state index in [1.807, 2.05) is 0 Å². The van der Waals surface area contributed by atoms with Gasteiger partial charge in [0.05, 0.1) is 18.6 Å². The van der Waals surface area contributed by atoms with Crippen molar-refractivity contribution in [2.45, 2.75) is 11.4 Å². The molecule has 21 heavy (non-hydrogen) atoms. The van der Waals surface area contributed by atoms with E-state index >= 15 is 0 Å². The zero-order valence-corrected chi connectivity index (χ0v) is 12.2. The molecule has 0 spiro atoms. The zero-order valence-electron chi connectivity index (χ0n) is 11.4. The maximum absolute atomic E-state index is 12.1. The lowest BCUT2D eigenvalue weighted by atomic mass is 10.3. The summed E-state index contributed by atoms with van der Waals surface area (Å²) in [4.78, 5) is 11.5. The van der Waals surface area contributed by atoms with Crippen LogP contribution in [0.25, 0.3) is 0 Å². The quantitative estimate of drug-likeness (QED) is 0.825. The van der Waals surface area contributed by atoms with Gasteiger partial charge in [-0.25, -0.2) is 17.8 Å². The maximum Gasteiger partial charge on any atom is 0.266 e. The Hall–Kier alpha value is -2.19. The molecule has 0 aliphatic rings. The van der Waals surface area contributed by atoms with Crippen LogP contribution in [0.15, 0.2) is 52.3 Å². The largest absolute Gasteiger partial charge is 0.497 e. The summed E-state index contributed by atoms with van der Waals surface area (Å²) in [6.45, 7) is 0.222. The van der Waals surface area contributed by atoms with Gasteiger partial charge in [-0.3, -0.25) is 4.79 Å². The van der Waals surface area contributed by atoms with E-state index in [0.717, 1.165) is 0 Å². The highest BCUT2D eigenvalue weighted by atomic mass is 32.2. The summed E-state index contributed by atoms with van der Waals surface area (Å²) >= 11 is 0. The van der Waals surface area contributed by atoms with E-state index in [1.165, 1.54) is 42.3 Å². The fourth-order valence-electron chi connectivity index (χ4n) is 1.69. The van der Waals surface area contributed by atoms with Crippen LogP contribution in [-0.2, 0) is 16.6 Å². The Kier molecular flexibility index (Phi) is 4.71. The van der Waals surface area contributed by atoms with Gasteiger partial charge in [0.15, 0.2) is 0 Å². The first-order valence-electron chi connectivity index (χ1n) is 6.19. The number of nitrogens with zero attached hydrogens (tertiary/aromatic N) is 2. The predicted octanol–water partition coefficient (Wildman–Crippen LogP) is 0.230. The second-order valence-electron chi connectivity index (χ2n) is 4.16. The number of sulfonamides is 1. The Morgan fingerprint density at radius 2 is 2.10 bits per heavy atom. The number of aromatic nitrogens is 2. The Bertz CT molecular complexity index is 771. The van der Waals surface area contributed by atoms with Gasteiger partial charge in [-0.2, -0.15) is 5.10 Å². The number of nitrogens with one attached hydrogen (secondary N) is 1. The first kappa shape index (κ1) is 15.2. The monoisotopic (exact) mass is 309 g/mol. The van der Waals surface area contributed by atoms with Gasteiger partial charge >= 0.3 is 0 Å². The topological polar surface area (TPSA) is 90.3 Å². The van der Waals surface area contributed by atoms with Crippen LogP contribution in [0.4, 0.5) is 0 Å². The molecule has 0 amide bonds. The first-order valence-corrected chi connectivity index (χ1v) is 7.67. The third-order valence-electron chi connectivity index (χ3n) is 2.75. The van der Waals surface area contributed by atoms with Crippen LogP contribution >= 0.6 is 0 Å². The van der Waals surface area contributed by atoms with Crippen molar-refractivity contribution in [3.05, 3.63) is 52.9 Å². The van der Waals surface area contributed by atoms with Crippen LogP contribution in [0.5, 0.6) is 5.75 Å². The summed E-state index contributed by atoms with van der Waals surface area (Å²) in [5.41, 5.74) is -0.280. The SMILES string of the molecule is COc1cccc(S(=O)(=O)NCCn2ncccc2=O)c1. The van der Waals surface area contributed by atoms with Gasteiger partial charge in [0.2, 0.25) is 10.0 Å². The average molecular weight is 309 g/mol. The summed E-state index contributed by atoms with van der Waals surface area (Å²) in [5, 5.41) is 3.85. The van der Waals surface area contributed by atoms with E-state index < -0.39 is 10.0 Å². The van der Waals surface area contributed by atoms with Gasteiger partial charge in [0, 0.05) is 24.9 Å². The lowest BCUT2D eigenvalue weighted by molar-refractivity contribution is 0.413. The molecule has 0 aliphatic heterocycles. The number of hydrogen-bond donors (Lipinski definition) is 1. The van der Waals surface area contributed by atoms with Crippen LogP contribution in [-0.4, -0.2) is 31.9 Å². The van der Waals surface area contributed by atoms with Gasteiger partial charge in [-0.1, -0.05) is 6.07 Å². The van der Waals surface area contributed by atoms with Crippen molar-refractivity contribution < 1.29 is 13.2 Å². The number of rotatable bonds is 6. The maximum atomic E-state index is 12.1. The van der Waals surface area contributed by atoms with E-state index in [-0.39, 0.29) is 23.5 Å². The minimum Gasteiger partial charge on any atom is -0.497 e. The zero-order chi connectivity index (χ0) is 15.3. The normalized spacial score (nSPS) is 11.3. The average Bonchev–Trinajstić information content (AvgIpc) is 2.49. The van der Waals surface area contributed by atoms with E-state index in [9.17, 15) is 13.2 Å². The molecule has 0 unspecified atom stereocenters. The molecule has 112 valence electrons. The molecular formula is C13H15N3O4S. The highest BCUT2D eigenvalue weighted by molar-refractivity contribution is 7.89. The van der Waals surface area contributed by atoms with Gasteiger partial charge in [0.1, 0.15) is 5.75 Å². The summed E-state index contributed by atoms with van der Waals surface area (Å²) in [6.07, 6.45) is 1.47. The molecule has 0 saturated heterocycles. The van der Waals surface area contributed by atoms with Crippen LogP contribution in [0.2, 0.25) is 0 Å². The minimum atomic E-state index is -3.65. The van der Waals surface area contributed by atoms with Gasteiger partial charge in [-0.15, -0.1) is 0 Å². The molecule has 0 bridgehead atoms. The van der Waals surface area contributed by atoms with Gasteiger partial charge in [0.25, 0.3) is 5.56 Å². The number of hydrogen-bond acceptors (Lipinski definition) is 5. The Balaban J connectivity index is 2.05. The molecule has 7 nitrogen and oxygen atoms in total. The van der Waals surface area contributed by atoms with Crippen molar-refractivity contribution in [2.24, 2.45) is 0 Å². The molecule has 0 fully saturated rings. The van der Waals surface area contributed by atoms with Gasteiger partial charge in [-0.05, 0) is 18.2 Å². The fourth-order valence-corrected chi connectivity index (χ4v) is 2.75. The van der Waals surface area contributed by atoms with Crippen molar-refractivity contribution >= 4 is 10.0 Å². The Labute approximate surface area is 122 Å². The number of ether oxygens (including phenoxy) is 1. The van der Waals surface area contributed by atoms with Gasteiger partial charge < -0.3 is 4.74 Å². The Morgan fingerprint density at radius 3 is 2.81 bits per heavy atom. The van der Waals surface area contributed by atoms with Crippen molar-refractivity contribution in [1.82, 2.24) is 14.5 Å². The molecule has 0 aliphatic carbocycles. The summed E-state index contributed by atoms with van der Waals surface area (Å²) < 4.78 is 32.8. The Morgan fingerprint density at radius 1 is 1.29 bits per heavy atom. The number of benzene rings is 1. The standard InChI is InChI=1S/C13H15N3O4S/c1-20-11-4-2-5-12(10-11)21(18,19)15-8-9-16-13(17)6-3-7-14-16/h2-7,10,15H,8-9H2,1H3. The summed E-state index contributed by atoms with van der Waals surface area (Å²) in [5.74, 6) is 0.457. The second kappa shape index (κ2) is 6.51. The molecule has 2 aromatic rings. The molecule has 1 aromatic heterocycles. The molecule has 8 heteroatoms. The molecule has 0 atom stereocenters. The van der Waals surface area contributed by atoms with Crippen LogP contribution < -0.4 is 15.0 Å².